The van der Waals surface area contributed by atoms with Gasteiger partial charge in [-0.1, -0.05) is 33.6 Å². The quantitative estimate of drug-likeness (QED) is 0.756. The summed E-state index contributed by atoms with van der Waals surface area (Å²) in [6.45, 7) is 2.27. The van der Waals surface area contributed by atoms with E-state index in [2.05, 4.69) is 26.1 Å². The van der Waals surface area contributed by atoms with E-state index in [1.807, 2.05) is 0 Å². The molecule has 0 bridgehead atoms. The van der Waals surface area contributed by atoms with Gasteiger partial charge < -0.3 is 19.7 Å². The third-order valence-electron chi connectivity index (χ3n) is 3.84. The second kappa shape index (κ2) is 8.70. The highest BCUT2D eigenvalue weighted by atomic mass is 79.9. The van der Waals surface area contributed by atoms with Crippen LogP contribution >= 0.6 is 27.5 Å². The largest absolute Gasteiger partial charge is 0.481 e. The lowest BCUT2D eigenvalue weighted by Crippen LogP contribution is -2.37. The van der Waals surface area contributed by atoms with Gasteiger partial charge >= 0.3 is 0 Å². The monoisotopic (exact) mass is 442 g/mol. The number of para-hydroxylation sites is 1. The number of rotatable bonds is 5. The number of hydrogen-bond donors (Lipinski definition) is 1. The van der Waals surface area contributed by atoms with Crippen molar-refractivity contribution >= 4 is 44.8 Å². The molecule has 0 saturated carbocycles. The Morgan fingerprint density at radius 3 is 2.81 bits per heavy atom. The SMILES string of the molecule is O=C(COc1ccc(Br)cc1F)Nc1cccc(Cl)c1N1CCOCC1. The number of amides is 1. The van der Waals surface area contributed by atoms with E-state index in [4.69, 9.17) is 21.1 Å². The number of benzene rings is 2. The zero-order chi connectivity index (χ0) is 18.5. The molecule has 1 saturated heterocycles. The van der Waals surface area contributed by atoms with Crippen LogP contribution in [0.4, 0.5) is 15.8 Å². The maximum absolute atomic E-state index is 13.8. The molecular weight excluding hydrogens is 427 g/mol. The Morgan fingerprint density at radius 2 is 2.08 bits per heavy atom. The summed E-state index contributed by atoms with van der Waals surface area (Å²) in [5, 5.41) is 3.33. The van der Waals surface area contributed by atoms with Gasteiger partial charge in [0.15, 0.2) is 18.2 Å². The fraction of sp³-hybridized carbons (Fsp3) is 0.278. The van der Waals surface area contributed by atoms with Crippen molar-refractivity contribution in [2.24, 2.45) is 0 Å². The average Bonchev–Trinajstić information content (AvgIpc) is 2.62. The van der Waals surface area contributed by atoms with Crippen LogP contribution in [-0.4, -0.2) is 38.8 Å². The summed E-state index contributed by atoms with van der Waals surface area (Å²) in [5.74, 6) is -0.920. The van der Waals surface area contributed by atoms with Crippen molar-refractivity contribution in [3.63, 3.8) is 0 Å². The smallest absolute Gasteiger partial charge is 0.262 e. The molecule has 138 valence electrons. The zero-order valence-corrected chi connectivity index (χ0v) is 16.1. The molecule has 1 aliphatic rings. The van der Waals surface area contributed by atoms with Gasteiger partial charge in [0, 0.05) is 17.6 Å². The summed E-state index contributed by atoms with van der Waals surface area (Å²) in [4.78, 5) is 14.3. The lowest BCUT2D eigenvalue weighted by atomic mass is 10.2. The molecule has 0 spiro atoms. The van der Waals surface area contributed by atoms with E-state index in [1.54, 1.807) is 24.3 Å². The Hall–Kier alpha value is -1.83. The minimum absolute atomic E-state index is 0.0165. The van der Waals surface area contributed by atoms with E-state index in [1.165, 1.54) is 12.1 Å². The molecule has 0 atom stereocenters. The fourth-order valence-electron chi connectivity index (χ4n) is 2.65. The first kappa shape index (κ1) is 18.9. The number of halogens is 3. The standard InChI is InChI=1S/C18H17BrClFN2O3/c19-12-4-5-16(14(21)10-12)26-11-17(24)22-15-3-1-2-13(20)18(15)23-6-8-25-9-7-23/h1-5,10H,6-9,11H2,(H,22,24). The topological polar surface area (TPSA) is 50.8 Å². The first-order chi connectivity index (χ1) is 12.5. The molecule has 1 N–H and O–H groups in total. The van der Waals surface area contributed by atoms with Gasteiger partial charge in [-0.05, 0) is 30.3 Å². The molecule has 26 heavy (non-hydrogen) atoms. The number of nitrogens with zero attached hydrogens (tertiary/aromatic N) is 1. The van der Waals surface area contributed by atoms with Gasteiger partial charge in [0.05, 0.1) is 29.6 Å². The van der Waals surface area contributed by atoms with E-state index >= 15 is 0 Å². The molecule has 2 aromatic rings. The Balaban J connectivity index is 1.68. The van der Waals surface area contributed by atoms with Gasteiger partial charge in [-0.2, -0.15) is 0 Å². The zero-order valence-electron chi connectivity index (χ0n) is 13.8. The molecule has 0 aromatic heterocycles. The first-order valence-corrected chi connectivity index (χ1v) is 9.20. The van der Waals surface area contributed by atoms with Gasteiger partial charge in [-0.3, -0.25) is 4.79 Å². The third-order valence-corrected chi connectivity index (χ3v) is 4.64. The van der Waals surface area contributed by atoms with Crippen LogP contribution < -0.4 is 15.0 Å². The van der Waals surface area contributed by atoms with Crippen molar-refractivity contribution in [3.8, 4) is 5.75 Å². The Morgan fingerprint density at radius 1 is 1.31 bits per heavy atom. The lowest BCUT2D eigenvalue weighted by molar-refractivity contribution is -0.118. The predicted molar refractivity (Wildman–Crippen MR) is 103 cm³/mol. The van der Waals surface area contributed by atoms with E-state index in [0.717, 1.165) is 5.69 Å². The summed E-state index contributed by atoms with van der Waals surface area (Å²) in [5.41, 5.74) is 1.34. The summed E-state index contributed by atoms with van der Waals surface area (Å²) in [6.07, 6.45) is 0. The molecular formula is C18H17BrClFN2O3. The van der Waals surface area contributed by atoms with Gasteiger partial charge in [-0.15, -0.1) is 0 Å². The van der Waals surface area contributed by atoms with Crippen LogP contribution in [0.1, 0.15) is 0 Å². The first-order valence-electron chi connectivity index (χ1n) is 8.03. The minimum Gasteiger partial charge on any atom is -0.481 e. The number of anilines is 2. The van der Waals surface area contributed by atoms with Crippen molar-refractivity contribution in [2.75, 3.05) is 43.1 Å². The van der Waals surface area contributed by atoms with Gasteiger partial charge in [0.2, 0.25) is 0 Å². The highest BCUT2D eigenvalue weighted by Gasteiger charge is 2.19. The molecule has 1 amide bonds. The van der Waals surface area contributed by atoms with Crippen molar-refractivity contribution in [2.45, 2.75) is 0 Å². The van der Waals surface area contributed by atoms with Crippen molar-refractivity contribution in [1.29, 1.82) is 0 Å². The van der Waals surface area contributed by atoms with Crippen LogP contribution in [0.2, 0.25) is 5.02 Å². The summed E-state index contributed by atoms with van der Waals surface area (Å²) >= 11 is 9.51. The Labute approximate surface area is 164 Å². The lowest BCUT2D eigenvalue weighted by Gasteiger charge is -2.31. The van der Waals surface area contributed by atoms with Crippen LogP contribution in [0.3, 0.4) is 0 Å². The van der Waals surface area contributed by atoms with Crippen LogP contribution in [0.25, 0.3) is 0 Å². The Bertz CT molecular complexity index is 800. The predicted octanol–water partition coefficient (Wildman–Crippen LogP) is 4.10. The van der Waals surface area contributed by atoms with Crippen molar-refractivity contribution in [3.05, 3.63) is 51.7 Å². The van der Waals surface area contributed by atoms with Gasteiger partial charge in [0.25, 0.3) is 5.91 Å². The number of ether oxygens (including phenoxy) is 2. The van der Waals surface area contributed by atoms with E-state index in [0.29, 0.717) is 41.5 Å². The fourth-order valence-corrected chi connectivity index (χ4v) is 3.27. The number of carbonyl (C=O) groups is 1. The van der Waals surface area contributed by atoms with E-state index in [9.17, 15) is 9.18 Å². The maximum Gasteiger partial charge on any atom is 0.262 e. The van der Waals surface area contributed by atoms with Crippen LogP contribution in [-0.2, 0) is 9.53 Å². The summed E-state index contributed by atoms with van der Waals surface area (Å²) < 4.78 is 25.0. The summed E-state index contributed by atoms with van der Waals surface area (Å²) in [7, 11) is 0. The molecule has 1 heterocycles. The second-order valence-corrected chi connectivity index (χ2v) is 6.97. The van der Waals surface area contributed by atoms with Crippen molar-refractivity contribution < 1.29 is 18.7 Å². The highest BCUT2D eigenvalue weighted by Crippen LogP contribution is 2.34. The number of carbonyl (C=O) groups excluding carboxylic acids is 1. The molecule has 0 unspecified atom stereocenters. The molecule has 1 aliphatic heterocycles. The summed E-state index contributed by atoms with van der Waals surface area (Å²) in [6, 6.07) is 9.69. The van der Waals surface area contributed by atoms with E-state index in [-0.39, 0.29) is 12.4 Å². The molecule has 5 nitrogen and oxygen atoms in total. The Kier molecular flexibility index (Phi) is 6.34. The third kappa shape index (κ3) is 4.66. The minimum atomic E-state index is -0.538. The highest BCUT2D eigenvalue weighted by molar-refractivity contribution is 9.10. The number of morpholine rings is 1. The second-order valence-electron chi connectivity index (χ2n) is 5.65. The molecule has 0 radical (unpaired) electrons. The molecule has 0 aliphatic carbocycles. The molecule has 8 heteroatoms. The van der Waals surface area contributed by atoms with Crippen LogP contribution in [0, 0.1) is 5.82 Å². The van der Waals surface area contributed by atoms with Gasteiger partial charge in [0.1, 0.15) is 0 Å². The number of hydrogen-bond acceptors (Lipinski definition) is 4. The maximum atomic E-state index is 13.8. The average molecular weight is 444 g/mol. The normalized spacial score (nSPS) is 14.2. The molecule has 3 rings (SSSR count). The molecule has 1 fully saturated rings. The van der Waals surface area contributed by atoms with Crippen LogP contribution in [0.5, 0.6) is 5.75 Å². The number of nitrogens with one attached hydrogen (secondary N) is 1. The van der Waals surface area contributed by atoms with Gasteiger partial charge in [-0.25, -0.2) is 4.39 Å². The molecule has 2 aromatic carbocycles. The van der Waals surface area contributed by atoms with E-state index < -0.39 is 11.7 Å². The van der Waals surface area contributed by atoms with Crippen molar-refractivity contribution in [1.82, 2.24) is 0 Å². The van der Waals surface area contributed by atoms with Crippen LogP contribution in [0.15, 0.2) is 40.9 Å².